The monoisotopic (exact) mass is 220 g/mol. The van der Waals surface area contributed by atoms with Gasteiger partial charge in [-0.15, -0.1) is 0 Å². The fourth-order valence-corrected chi connectivity index (χ4v) is 1.65. The molecule has 1 atom stereocenters. The largest absolute Gasteiger partial charge is 0.481 e. The van der Waals surface area contributed by atoms with E-state index in [1.807, 2.05) is 6.92 Å². The second kappa shape index (κ2) is 3.90. The van der Waals surface area contributed by atoms with Crippen LogP contribution in [-0.2, 0) is 4.79 Å². The first-order valence-electron chi connectivity index (χ1n) is 4.86. The molecule has 0 amide bonds. The fourth-order valence-electron chi connectivity index (χ4n) is 1.65. The number of hydrogen-bond acceptors (Lipinski definition) is 4. The number of nitrogens with zero attached hydrogens (tertiary/aromatic N) is 2. The van der Waals surface area contributed by atoms with Crippen molar-refractivity contribution in [1.29, 1.82) is 0 Å². The molecule has 84 valence electrons. The van der Waals surface area contributed by atoms with E-state index in [1.165, 1.54) is 0 Å². The van der Waals surface area contributed by atoms with Crippen LogP contribution in [0.2, 0.25) is 0 Å². The zero-order valence-corrected chi connectivity index (χ0v) is 8.77. The molecule has 0 saturated carbocycles. The van der Waals surface area contributed by atoms with Crippen LogP contribution in [0.3, 0.4) is 0 Å². The van der Waals surface area contributed by atoms with Crippen LogP contribution in [0, 0.1) is 6.92 Å². The van der Waals surface area contributed by atoms with Gasteiger partial charge in [0.25, 0.3) is 0 Å². The molecule has 2 aromatic rings. The maximum atomic E-state index is 10.6. The van der Waals surface area contributed by atoms with Crippen LogP contribution in [-0.4, -0.2) is 26.0 Å². The van der Waals surface area contributed by atoms with E-state index in [9.17, 15) is 4.79 Å². The van der Waals surface area contributed by atoms with E-state index in [0.717, 1.165) is 11.4 Å². The number of aliphatic carboxylic acids is 1. The summed E-state index contributed by atoms with van der Waals surface area (Å²) in [4.78, 5) is 21.9. The number of carboxylic acids is 1. The summed E-state index contributed by atoms with van der Waals surface area (Å²) in [5.41, 5.74) is 7.83. The zero-order chi connectivity index (χ0) is 11.7. The highest BCUT2D eigenvalue weighted by atomic mass is 16.4. The van der Waals surface area contributed by atoms with Crippen molar-refractivity contribution in [2.24, 2.45) is 5.73 Å². The van der Waals surface area contributed by atoms with Crippen molar-refractivity contribution < 1.29 is 9.90 Å². The highest BCUT2D eigenvalue weighted by Crippen LogP contribution is 2.21. The second-order valence-corrected chi connectivity index (χ2v) is 3.63. The standard InChI is InChI=1S/C10H12N4O2/c1-5-13-9-6(7(11)4-8(15)16)2-3-12-10(9)14-5/h2-3,7H,4,11H2,1H3,(H,15,16)(H,12,13,14). The van der Waals surface area contributed by atoms with Crippen LogP contribution in [0.1, 0.15) is 23.9 Å². The molecular weight excluding hydrogens is 208 g/mol. The average molecular weight is 220 g/mol. The molecular formula is C10H12N4O2. The van der Waals surface area contributed by atoms with Gasteiger partial charge in [-0.2, -0.15) is 0 Å². The van der Waals surface area contributed by atoms with E-state index in [-0.39, 0.29) is 6.42 Å². The maximum absolute atomic E-state index is 10.6. The van der Waals surface area contributed by atoms with E-state index in [0.29, 0.717) is 11.2 Å². The number of aromatic amines is 1. The Hall–Kier alpha value is -1.95. The van der Waals surface area contributed by atoms with E-state index >= 15 is 0 Å². The first kappa shape index (κ1) is 10.6. The van der Waals surface area contributed by atoms with Crippen molar-refractivity contribution in [3.63, 3.8) is 0 Å². The Morgan fingerprint density at radius 1 is 1.69 bits per heavy atom. The highest BCUT2D eigenvalue weighted by molar-refractivity contribution is 5.76. The Morgan fingerprint density at radius 3 is 3.12 bits per heavy atom. The number of aromatic nitrogens is 3. The Morgan fingerprint density at radius 2 is 2.44 bits per heavy atom. The van der Waals surface area contributed by atoms with Crippen LogP contribution < -0.4 is 5.73 Å². The van der Waals surface area contributed by atoms with Gasteiger partial charge in [0.1, 0.15) is 5.82 Å². The van der Waals surface area contributed by atoms with Gasteiger partial charge >= 0.3 is 5.97 Å². The third-order valence-electron chi connectivity index (χ3n) is 2.34. The van der Waals surface area contributed by atoms with Crippen molar-refractivity contribution in [2.45, 2.75) is 19.4 Å². The molecule has 6 heteroatoms. The van der Waals surface area contributed by atoms with Crippen LogP contribution in [0.25, 0.3) is 11.2 Å². The van der Waals surface area contributed by atoms with Crippen molar-refractivity contribution in [3.8, 4) is 0 Å². The predicted molar refractivity (Wildman–Crippen MR) is 57.8 cm³/mol. The lowest BCUT2D eigenvalue weighted by Crippen LogP contribution is -2.15. The quantitative estimate of drug-likeness (QED) is 0.707. The Balaban J connectivity index is 2.47. The van der Waals surface area contributed by atoms with Crippen molar-refractivity contribution in [1.82, 2.24) is 15.0 Å². The molecule has 0 radical (unpaired) electrons. The first-order chi connectivity index (χ1) is 7.58. The van der Waals surface area contributed by atoms with Gasteiger partial charge in [-0.1, -0.05) is 0 Å². The van der Waals surface area contributed by atoms with Gasteiger partial charge < -0.3 is 15.8 Å². The number of pyridine rings is 1. The lowest BCUT2D eigenvalue weighted by molar-refractivity contribution is -0.137. The number of hydrogen-bond donors (Lipinski definition) is 3. The van der Waals surface area contributed by atoms with Gasteiger partial charge in [0, 0.05) is 12.2 Å². The molecule has 16 heavy (non-hydrogen) atoms. The van der Waals surface area contributed by atoms with E-state index in [2.05, 4.69) is 15.0 Å². The molecule has 0 spiro atoms. The van der Waals surface area contributed by atoms with Crippen molar-refractivity contribution in [3.05, 3.63) is 23.7 Å². The number of fused-ring (bicyclic) bond motifs is 1. The number of aryl methyl sites for hydroxylation is 1. The molecule has 4 N–H and O–H groups in total. The van der Waals surface area contributed by atoms with E-state index < -0.39 is 12.0 Å². The first-order valence-corrected chi connectivity index (χ1v) is 4.86. The number of nitrogens with two attached hydrogens (primary N) is 1. The minimum atomic E-state index is -0.923. The van der Waals surface area contributed by atoms with E-state index in [4.69, 9.17) is 10.8 Å². The minimum absolute atomic E-state index is 0.114. The SMILES string of the molecule is Cc1nc2nccc(C(N)CC(=O)O)c2[nH]1. The summed E-state index contributed by atoms with van der Waals surface area (Å²) in [6, 6.07) is 1.16. The third-order valence-corrected chi connectivity index (χ3v) is 2.34. The van der Waals surface area contributed by atoms with E-state index in [1.54, 1.807) is 12.3 Å². The normalized spacial score (nSPS) is 12.9. The molecule has 1 unspecified atom stereocenters. The van der Waals surface area contributed by atoms with Crippen LogP contribution >= 0.6 is 0 Å². The number of nitrogens with one attached hydrogen (secondary N) is 1. The predicted octanol–water partition coefficient (Wildman–Crippen LogP) is 0.741. The van der Waals surface area contributed by atoms with Crippen LogP contribution in [0.15, 0.2) is 12.3 Å². The van der Waals surface area contributed by atoms with Crippen molar-refractivity contribution in [2.75, 3.05) is 0 Å². The molecule has 2 rings (SSSR count). The number of carbonyl (C=O) groups is 1. The number of rotatable bonds is 3. The molecule has 2 heterocycles. The molecule has 2 aromatic heterocycles. The Kier molecular flexibility index (Phi) is 2.57. The molecule has 0 saturated heterocycles. The van der Waals surface area contributed by atoms with Gasteiger partial charge in [0.05, 0.1) is 11.9 Å². The van der Waals surface area contributed by atoms with Gasteiger partial charge in [-0.3, -0.25) is 4.79 Å². The average Bonchev–Trinajstić information content (AvgIpc) is 2.55. The summed E-state index contributed by atoms with van der Waals surface area (Å²) in [6.45, 7) is 1.81. The summed E-state index contributed by atoms with van der Waals surface area (Å²) in [7, 11) is 0. The number of H-pyrrole nitrogens is 1. The van der Waals surface area contributed by atoms with Gasteiger partial charge in [-0.25, -0.2) is 9.97 Å². The van der Waals surface area contributed by atoms with Crippen LogP contribution in [0.4, 0.5) is 0 Å². The van der Waals surface area contributed by atoms with Crippen molar-refractivity contribution >= 4 is 17.1 Å². The summed E-state index contributed by atoms with van der Waals surface area (Å²) < 4.78 is 0. The summed E-state index contributed by atoms with van der Waals surface area (Å²) in [6.07, 6.45) is 1.47. The van der Waals surface area contributed by atoms with Gasteiger partial charge in [-0.05, 0) is 18.6 Å². The smallest absolute Gasteiger partial charge is 0.305 e. The third kappa shape index (κ3) is 1.87. The summed E-state index contributed by atoms with van der Waals surface area (Å²) in [5, 5.41) is 8.70. The molecule has 0 aromatic carbocycles. The second-order valence-electron chi connectivity index (χ2n) is 3.63. The topological polar surface area (TPSA) is 105 Å². The maximum Gasteiger partial charge on any atom is 0.305 e. The number of carboxylic acid groups (broad SMARTS) is 1. The Bertz CT molecular complexity index is 535. The summed E-state index contributed by atoms with van der Waals surface area (Å²) in [5.74, 6) is -0.189. The molecule has 0 aliphatic heterocycles. The lowest BCUT2D eigenvalue weighted by atomic mass is 10.1. The lowest BCUT2D eigenvalue weighted by Gasteiger charge is -2.09. The molecule has 0 aliphatic carbocycles. The fraction of sp³-hybridized carbons (Fsp3) is 0.300. The van der Waals surface area contributed by atoms with Gasteiger partial charge in [0.15, 0.2) is 5.65 Å². The molecule has 6 nitrogen and oxygen atoms in total. The molecule has 0 aliphatic rings. The minimum Gasteiger partial charge on any atom is -0.481 e. The van der Waals surface area contributed by atoms with Gasteiger partial charge in [0.2, 0.25) is 0 Å². The summed E-state index contributed by atoms with van der Waals surface area (Å²) >= 11 is 0. The highest BCUT2D eigenvalue weighted by Gasteiger charge is 2.15. The molecule has 0 bridgehead atoms. The number of imidazole rings is 1. The zero-order valence-electron chi connectivity index (χ0n) is 8.77. The molecule has 0 fully saturated rings. The Labute approximate surface area is 91.5 Å². The van der Waals surface area contributed by atoms with Crippen LogP contribution in [0.5, 0.6) is 0 Å².